The van der Waals surface area contributed by atoms with Crippen LogP contribution in [-0.2, 0) is 22.2 Å². The molecule has 0 radical (unpaired) electrons. The number of hydrogen-bond acceptors (Lipinski definition) is 4. The zero-order valence-corrected chi connectivity index (χ0v) is 17.9. The molecule has 2 amide bonds. The molecule has 1 N–H and O–H groups in total. The first-order valence-electron chi connectivity index (χ1n) is 9.67. The highest BCUT2D eigenvalue weighted by atomic mass is 32.1. The Hall–Kier alpha value is -3.46. The Kier molecular flexibility index (Phi) is 7.42. The Morgan fingerprint density at radius 2 is 1.88 bits per heavy atom. The molecule has 0 fully saturated rings. The van der Waals surface area contributed by atoms with Crippen LogP contribution in [0.4, 0.5) is 24.0 Å². The van der Waals surface area contributed by atoms with E-state index in [0.717, 1.165) is 33.9 Å². The van der Waals surface area contributed by atoms with Crippen LogP contribution in [0.5, 0.6) is 0 Å². The zero-order chi connectivity index (χ0) is 23.1. The lowest BCUT2D eigenvalue weighted by molar-refractivity contribution is -0.137. The van der Waals surface area contributed by atoms with Gasteiger partial charge < -0.3 is 5.32 Å². The highest BCUT2D eigenvalue weighted by Crippen LogP contribution is 2.35. The summed E-state index contributed by atoms with van der Waals surface area (Å²) >= 11 is 1.09. The van der Waals surface area contributed by atoms with Crippen molar-refractivity contribution in [2.45, 2.75) is 19.5 Å². The van der Waals surface area contributed by atoms with Crippen LogP contribution in [0.1, 0.15) is 23.7 Å². The van der Waals surface area contributed by atoms with Gasteiger partial charge in [0.2, 0.25) is 11.8 Å². The van der Waals surface area contributed by atoms with Gasteiger partial charge >= 0.3 is 6.18 Å². The number of nitrogens with zero attached hydrogens (tertiary/aromatic N) is 2. The molecule has 0 saturated heterocycles. The number of carbonyl (C=O) groups is 2. The maximum atomic E-state index is 13.0. The number of benzene rings is 2. The molecule has 1 heterocycles. The van der Waals surface area contributed by atoms with E-state index in [9.17, 15) is 22.8 Å². The number of rotatable bonds is 7. The van der Waals surface area contributed by atoms with Crippen molar-refractivity contribution in [1.82, 2.24) is 10.3 Å². The van der Waals surface area contributed by atoms with Gasteiger partial charge in [0.05, 0.1) is 16.9 Å². The lowest BCUT2D eigenvalue weighted by Gasteiger charge is -2.19. The van der Waals surface area contributed by atoms with Gasteiger partial charge in [0.25, 0.3) is 0 Å². The second-order valence-corrected chi connectivity index (χ2v) is 7.65. The number of nitrogens with one attached hydrogen (secondary N) is 1. The summed E-state index contributed by atoms with van der Waals surface area (Å²) in [6, 6.07) is 14.2. The van der Waals surface area contributed by atoms with Gasteiger partial charge in [-0.25, -0.2) is 4.98 Å². The van der Waals surface area contributed by atoms with Gasteiger partial charge in [0, 0.05) is 24.9 Å². The molecule has 1 aromatic heterocycles. The maximum absolute atomic E-state index is 13.0. The Labute approximate surface area is 187 Å². The molecule has 9 heteroatoms. The highest BCUT2D eigenvalue weighted by molar-refractivity contribution is 7.14. The molecule has 3 rings (SSSR count). The Bertz CT molecular complexity index is 1110. The fraction of sp³-hybridized carbons (Fsp3) is 0.174. The van der Waals surface area contributed by atoms with Crippen molar-refractivity contribution >= 4 is 40.0 Å². The summed E-state index contributed by atoms with van der Waals surface area (Å²) in [5.74, 6) is -0.773. The average molecular weight is 459 g/mol. The van der Waals surface area contributed by atoms with Crippen molar-refractivity contribution < 1.29 is 22.8 Å². The van der Waals surface area contributed by atoms with Crippen LogP contribution < -0.4 is 10.2 Å². The van der Waals surface area contributed by atoms with Gasteiger partial charge in [-0.1, -0.05) is 36.4 Å². The van der Waals surface area contributed by atoms with E-state index < -0.39 is 17.6 Å². The molecule has 5 nitrogen and oxygen atoms in total. The number of aromatic nitrogens is 1. The van der Waals surface area contributed by atoms with Gasteiger partial charge in [0.15, 0.2) is 5.13 Å². The Balaban J connectivity index is 1.66. The summed E-state index contributed by atoms with van der Waals surface area (Å²) in [5.41, 5.74) is 0.738. The molecular formula is C23H20F3N3O2S. The van der Waals surface area contributed by atoms with Crippen LogP contribution in [0, 0.1) is 0 Å². The maximum Gasteiger partial charge on any atom is 0.416 e. The molecule has 0 aliphatic heterocycles. The molecular weight excluding hydrogens is 439 g/mol. The van der Waals surface area contributed by atoms with Crippen molar-refractivity contribution in [2.75, 3.05) is 11.4 Å². The number of halogens is 3. The zero-order valence-electron chi connectivity index (χ0n) is 17.1. The van der Waals surface area contributed by atoms with E-state index in [-0.39, 0.29) is 16.7 Å². The van der Waals surface area contributed by atoms with Crippen LogP contribution in [-0.4, -0.2) is 23.3 Å². The number of amides is 2. The highest BCUT2D eigenvalue weighted by Gasteiger charge is 2.31. The van der Waals surface area contributed by atoms with E-state index in [2.05, 4.69) is 10.3 Å². The Morgan fingerprint density at radius 1 is 1.12 bits per heavy atom. The molecule has 32 heavy (non-hydrogen) atoms. The summed E-state index contributed by atoms with van der Waals surface area (Å²) in [6.45, 7) is 1.72. The van der Waals surface area contributed by atoms with Crippen LogP contribution in [0.15, 0.2) is 66.1 Å². The molecule has 0 bridgehead atoms. The topological polar surface area (TPSA) is 62.3 Å². The van der Waals surface area contributed by atoms with Crippen LogP contribution >= 0.6 is 11.3 Å². The molecule has 166 valence electrons. The summed E-state index contributed by atoms with van der Waals surface area (Å²) < 4.78 is 39.1. The quantitative estimate of drug-likeness (QED) is 0.493. The van der Waals surface area contributed by atoms with E-state index in [1.54, 1.807) is 5.38 Å². The summed E-state index contributed by atoms with van der Waals surface area (Å²) in [6.07, 6.45) is -1.01. The lowest BCUT2D eigenvalue weighted by atomic mass is 10.1. The van der Waals surface area contributed by atoms with Crippen molar-refractivity contribution in [1.29, 1.82) is 0 Å². The first kappa shape index (κ1) is 23.2. The normalized spacial score (nSPS) is 11.5. The fourth-order valence-corrected chi connectivity index (χ4v) is 3.75. The van der Waals surface area contributed by atoms with Crippen molar-refractivity contribution in [2.24, 2.45) is 0 Å². The third-order valence-electron chi connectivity index (χ3n) is 4.41. The van der Waals surface area contributed by atoms with Crippen molar-refractivity contribution in [3.63, 3.8) is 0 Å². The van der Waals surface area contributed by atoms with Gasteiger partial charge in [-0.15, -0.1) is 11.3 Å². The predicted octanol–water partition coefficient (Wildman–Crippen LogP) is 5.22. The van der Waals surface area contributed by atoms with E-state index in [4.69, 9.17) is 0 Å². The first-order chi connectivity index (χ1) is 15.2. The summed E-state index contributed by atoms with van der Waals surface area (Å²) in [7, 11) is 0. The fourth-order valence-electron chi connectivity index (χ4n) is 2.90. The van der Waals surface area contributed by atoms with E-state index in [1.807, 2.05) is 30.3 Å². The van der Waals surface area contributed by atoms with E-state index >= 15 is 0 Å². The SMILES string of the molecule is CC(=O)N(c1cccc(C(F)(F)F)c1)c1nc(/C=C/C(=O)NCCc2ccccc2)cs1. The van der Waals surface area contributed by atoms with E-state index in [1.165, 1.54) is 31.2 Å². The van der Waals surface area contributed by atoms with Gasteiger partial charge in [-0.3, -0.25) is 14.5 Å². The molecule has 3 aromatic rings. The Morgan fingerprint density at radius 3 is 2.56 bits per heavy atom. The van der Waals surface area contributed by atoms with Gasteiger partial charge in [0.1, 0.15) is 0 Å². The summed E-state index contributed by atoms with van der Waals surface area (Å²) in [4.78, 5) is 29.5. The molecule has 0 spiro atoms. The van der Waals surface area contributed by atoms with Crippen LogP contribution in [0.3, 0.4) is 0 Å². The number of alkyl halides is 3. The van der Waals surface area contributed by atoms with Gasteiger partial charge in [-0.05, 0) is 36.3 Å². The third kappa shape index (κ3) is 6.27. The summed E-state index contributed by atoms with van der Waals surface area (Å²) in [5, 5.41) is 4.60. The minimum Gasteiger partial charge on any atom is -0.352 e. The van der Waals surface area contributed by atoms with E-state index in [0.29, 0.717) is 18.7 Å². The third-order valence-corrected chi connectivity index (χ3v) is 5.25. The average Bonchev–Trinajstić information content (AvgIpc) is 3.21. The number of hydrogen-bond donors (Lipinski definition) is 1. The smallest absolute Gasteiger partial charge is 0.352 e. The number of carbonyl (C=O) groups excluding carboxylic acids is 2. The minimum atomic E-state index is -4.52. The molecule has 0 saturated carbocycles. The molecule has 2 aromatic carbocycles. The number of thiazole rings is 1. The standard InChI is InChI=1S/C23H20F3N3O2S/c1-16(30)29(20-9-5-8-18(14-20)23(24,25)26)22-28-19(15-32-22)10-11-21(31)27-13-12-17-6-3-2-4-7-17/h2-11,14-15H,12-13H2,1H3,(H,27,31)/b11-10+. The largest absolute Gasteiger partial charge is 0.416 e. The van der Waals surface area contributed by atoms with Crippen LogP contribution in [0.25, 0.3) is 6.08 Å². The molecule has 0 aliphatic rings. The van der Waals surface area contributed by atoms with Gasteiger partial charge in [-0.2, -0.15) is 13.2 Å². The predicted molar refractivity (Wildman–Crippen MR) is 119 cm³/mol. The molecule has 0 unspecified atom stereocenters. The first-order valence-corrected chi connectivity index (χ1v) is 10.6. The lowest BCUT2D eigenvalue weighted by Crippen LogP contribution is -2.23. The van der Waals surface area contributed by atoms with Crippen LogP contribution in [0.2, 0.25) is 0 Å². The van der Waals surface area contributed by atoms with Crippen molar-refractivity contribution in [3.8, 4) is 0 Å². The number of anilines is 2. The minimum absolute atomic E-state index is 0.0656. The second kappa shape index (κ2) is 10.2. The second-order valence-electron chi connectivity index (χ2n) is 6.82. The van der Waals surface area contributed by atoms with Crippen molar-refractivity contribution in [3.05, 3.63) is 82.9 Å². The molecule has 0 aliphatic carbocycles. The molecule has 0 atom stereocenters. The monoisotopic (exact) mass is 459 g/mol.